The molecule has 186 valence electrons. The van der Waals surface area contributed by atoms with E-state index in [4.69, 9.17) is 15.2 Å². The fourth-order valence-corrected chi connectivity index (χ4v) is 3.64. The first-order chi connectivity index (χ1) is 16.5. The molecule has 0 radical (unpaired) electrons. The Bertz CT molecular complexity index is 1170. The lowest BCUT2D eigenvalue weighted by atomic mass is 9.95. The molecule has 1 aliphatic heterocycles. The number of carbonyl (C=O) groups is 3. The Kier molecular flexibility index (Phi) is 7.32. The van der Waals surface area contributed by atoms with Gasteiger partial charge in [-0.25, -0.2) is 5.43 Å². The lowest BCUT2D eigenvalue weighted by Gasteiger charge is -2.20. The first-order valence-corrected chi connectivity index (χ1v) is 10.4. The van der Waals surface area contributed by atoms with Crippen LogP contribution in [0.25, 0.3) is 0 Å². The Labute approximate surface area is 198 Å². The molecule has 12 heteroatoms. The molecule has 0 aromatic heterocycles. The Morgan fingerprint density at radius 2 is 1.71 bits per heavy atom. The molecule has 1 aliphatic rings. The molecule has 0 saturated heterocycles. The molecular formula is C23H23F3N4O5. The maximum absolute atomic E-state index is 13.5. The zero-order valence-corrected chi connectivity index (χ0v) is 19.1. The Hall–Kier alpha value is -4.09. The number of hydrogen-bond donors (Lipinski definition) is 2. The van der Waals surface area contributed by atoms with Crippen molar-refractivity contribution in [1.29, 1.82) is 0 Å². The SMILES string of the molecule is COc1cc(OC)cc(N2C(=O)C(/C(C)=N\NC(=O)CCC(N)=O)c3ccc(C(F)(F)F)cc32)c1. The average molecular weight is 492 g/mol. The highest BCUT2D eigenvalue weighted by Gasteiger charge is 2.42. The van der Waals surface area contributed by atoms with E-state index in [1.54, 1.807) is 6.07 Å². The predicted molar refractivity (Wildman–Crippen MR) is 121 cm³/mol. The van der Waals surface area contributed by atoms with Crippen molar-refractivity contribution in [1.82, 2.24) is 5.43 Å². The van der Waals surface area contributed by atoms with Crippen LogP contribution in [0, 0.1) is 0 Å². The summed E-state index contributed by atoms with van der Waals surface area (Å²) >= 11 is 0. The number of hydrogen-bond acceptors (Lipinski definition) is 6. The number of nitrogens with two attached hydrogens (primary N) is 1. The fourth-order valence-electron chi connectivity index (χ4n) is 3.64. The first-order valence-electron chi connectivity index (χ1n) is 10.4. The molecule has 0 spiro atoms. The van der Waals surface area contributed by atoms with Crippen LogP contribution in [-0.4, -0.2) is 37.7 Å². The second-order valence-corrected chi connectivity index (χ2v) is 7.70. The molecule has 2 aromatic rings. The molecule has 0 aliphatic carbocycles. The summed E-state index contributed by atoms with van der Waals surface area (Å²) in [6, 6.07) is 7.52. The number of nitrogens with zero attached hydrogens (tertiary/aromatic N) is 2. The Morgan fingerprint density at radius 1 is 1.09 bits per heavy atom. The van der Waals surface area contributed by atoms with Gasteiger partial charge in [-0.15, -0.1) is 0 Å². The van der Waals surface area contributed by atoms with Crippen LogP contribution in [-0.2, 0) is 20.6 Å². The minimum absolute atomic E-state index is 0.0136. The van der Waals surface area contributed by atoms with Gasteiger partial charge in [-0.1, -0.05) is 6.07 Å². The summed E-state index contributed by atoms with van der Waals surface area (Å²) in [6.45, 7) is 1.47. The molecule has 35 heavy (non-hydrogen) atoms. The molecule has 3 amide bonds. The number of benzene rings is 2. The molecule has 0 bridgehead atoms. The zero-order valence-electron chi connectivity index (χ0n) is 19.1. The van der Waals surface area contributed by atoms with Crippen molar-refractivity contribution in [3.63, 3.8) is 0 Å². The van der Waals surface area contributed by atoms with Crippen LogP contribution >= 0.6 is 0 Å². The van der Waals surface area contributed by atoms with Gasteiger partial charge in [-0.05, 0) is 24.6 Å². The van der Waals surface area contributed by atoms with E-state index in [0.29, 0.717) is 11.5 Å². The summed E-state index contributed by atoms with van der Waals surface area (Å²) < 4.78 is 50.9. The van der Waals surface area contributed by atoms with Crippen LogP contribution in [0.15, 0.2) is 41.5 Å². The number of rotatable bonds is 8. The fraction of sp³-hybridized carbons (Fsp3) is 0.304. The largest absolute Gasteiger partial charge is 0.497 e. The van der Waals surface area contributed by atoms with Gasteiger partial charge < -0.3 is 15.2 Å². The van der Waals surface area contributed by atoms with Crippen LogP contribution < -0.4 is 25.5 Å². The molecule has 2 aromatic carbocycles. The number of ether oxygens (including phenoxy) is 2. The number of fused-ring (bicyclic) bond motifs is 1. The molecule has 3 N–H and O–H groups in total. The van der Waals surface area contributed by atoms with E-state index in [0.717, 1.165) is 17.0 Å². The summed E-state index contributed by atoms with van der Waals surface area (Å²) in [5.74, 6) is -2.25. The van der Waals surface area contributed by atoms with Crippen molar-refractivity contribution in [2.75, 3.05) is 19.1 Å². The standard InChI is InChI=1S/C23H23F3N4O5/c1-12(28-29-20(32)7-6-19(27)31)21-17-5-4-13(23(24,25)26)8-18(17)30(22(21)33)14-9-15(34-2)11-16(10-14)35-3/h4-5,8-11,21H,6-7H2,1-3H3,(H2,27,31)(H,29,32)/b28-12-. The smallest absolute Gasteiger partial charge is 0.416 e. The first kappa shape index (κ1) is 25.5. The van der Waals surface area contributed by atoms with Gasteiger partial charge in [0.25, 0.3) is 0 Å². The summed E-state index contributed by atoms with van der Waals surface area (Å²) in [5.41, 5.74) is 6.99. The number of nitrogens with one attached hydrogen (secondary N) is 1. The van der Waals surface area contributed by atoms with E-state index >= 15 is 0 Å². The van der Waals surface area contributed by atoms with E-state index < -0.39 is 35.4 Å². The molecule has 1 heterocycles. The van der Waals surface area contributed by atoms with Crippen LogP contribution in [0.1, 0.15) is 36.8 Å². The number of anilines is 2. The minimum atomic E-state index is -4.63. The van der Waals surface area contributed by atoms with E-state index in [1.165, 1.54) is 39.3 Å². The number of primary amides is 1. The van der Waals surface area contributed by atoms with Gasteiger partial charge in [0, 0.05) is 31.0 Å². The van der Waals surface area contributed by atoms with Gasteiger partial charge in [-0.2, -0.15) is 18.3 Å². The maximum atomic E-state index is 13.5. The quantitative estimate of drug-likeness (QED) is 0.433. The summed E-state index contributed by atoms with van der Waals surface area (Å²) in [4.78, 5) is 37.4. The lowest BCUT2D eigenvalue weighted by molar-refractivity contribution is -0.137. The van der Waals surface area contributed by atoms with Crippen molar-refractivity contribution in [2.45, 2.75) is 31.9 Å². The van der Waals surface area contributed by atoms with Gasteiger partial charge in [0.1, 0.15) is 17.4 Å². The van der Waals surface area contributed by atoms with Crippen LogP contribution in [0.5, 0.6) is 11.5 Å². The summed E-state index contributed by atoms with van der Waals surface area (Å²) in [5, 5.41) is 3.95. The van der Waals surface area contributed by atoms with Crippen molar-refractivity contribution in [3.8, 4) is 11.5 Å². The van der Waals surface area contributed by atoms with Gasteiger partial charge in [0.15, 0.2) is 0 Å². The third-order valence-electron chi connectivity index (χ3n) is 5.34. The highest BCUT2D eigenvalue weighted by atomic mass is 19.4. The lowest BCUT2D eigenvalue weighted by Crippen LogP contribution is -2.29. The Balaban J connectivity index is 2.06. The molecule has 3 rings (SSSR count). The normalized spacial score (nSPS) is 15.6. The second-order valence-electron chi connectivity index (χ2n) is 7.70. The number of alkyl halides is 3. The molecule has 0 saturated carbocycles. The van der Waals surface area contributed by atoms with Crippen LogP contribution in [0.2, 0.25) is 0 Å². The summed E-state index contributed by atoms with van der Waals surface area (Å²) in [6.07, 6.45) is -5.02. The predicted octanol–water partition coefficient (Wildman–Crippen LogP) is 3.24. The molecule has 1 atom stereocenters. The summed E-state index contributed by atoms with van der Waals surface area (Å²) in [7, 11) is 2.81. The number of carbonyl (C=O) groups excluding carboxylic acids is 3. The molecule has 9 nitrogen and oxygen atoms in total. The molecule has 0 fully saturated rings. The highest BCUT2D eigenvalue weighted by Crippen LogP contribution is 2.46. The van der Waals surface area contributed by atoms with Crippen molar-refractivity contribution in [2.24, 2.45) is 10.8 Å². The van der Waals surface area contributed by atoms with Gasteiger partial charge in [0.05, 0.1) is 36.9 Å². The average Bonchev–Trinajstić information content (AvgIpc) is 3.11. The number of methoxy groups -OCH3 is 2. The third kappa shape index (κ3) is 5.53. The third-order valence-corrected chi connectivity index (χ3v) is 5.34. The van der Waals surface area contributed by atoms with Crippen molar-refractivity contribution < 1.29 is 37.0 Å². The highest BCUT2D eigenvalue weighted by molar-refractivity contribution is 6.22. The van der Waals surface area contributed by atoms with Crippen LogP contribution in [0.3, 0.4) is 0 Å². The number of hydrazone groups is 1. The van der Waals surface area contributed by atoms with Crippen molar-refractivity contribution in [3.05, 3.63) is 47.5 Å². The van der Waals surface area contributed by atoms with Gasteiger partial charge in [-0.3, -0.25) is 19.3 Å². The topological polar surface area (TPSA) is 123 Å². The van der Waals surface area contributed by atoms with Crippen molar-refractivity contribution >= 4 is 34.8 Å². The van der Waals surface area contributed by atoms with E-state index in [1.807, 2.05) is 0 Å². The van der Waals surface area contributed by atoms with E-state index in [-0.39, 0.29) is 35.5 Å². The Morgan fingerprint density at radius 3 is 2.26 bits per heavy atom. The number of halogens is 3. The van der Waals surface area contributed by atoms with E-state index in [2.05, 4.69) is 10.5 Å². The maximum Gasteiger partial charge on any atom is 0.416 e. The molecular weight excluding hydrogens is 469 g/mol. The monoisotopic (exact) mass is 492 g/mol. The molecule has 1 unspecified atom stereocenters. The van der Waals surface area contributed by atoms with Gasteiger partial charge >= 0.3 is 6.18 Å². The second kappa shape index (κ2) is 10.0. The number of amides is 3. The van der Waals surface area contributed by atoms with E-state index in [9.17, 15) is 27.6 Å². The van der Waals surface area contributed by atoms with Gasteiger partial charge in [0.2, 0.25) is 17.7 Å². The minimum Gasteiger partial charge on any atom is -0.497 e. The zero-order chi connectivity index (χ0) is 25.9. The van der Waals surface area contributed by atoms with Crippen LogP contribution in [0.4, 0.5) is 24.5 Å².